The summed E-state index contributed by atoms with van der Waals surface area (Å²) in [7, 11) is 0. The van der Waals surface area contributed by atoms with Crippen LogP contribution in [0, 0.1) is 41.5 Å². The maximum absolute atomic E-state index is 11.8. The van der Waals surface area contributed by atoms with Gasteiger partial charge in [-0.25, -0.2) is 0 Å². The van der Waals surface area contributed by atoms with Gasteiger partial charge >= 0.3 is 0 Å². The molecule has 0 spiro atoms. The number of hydrogen-bond donors (Lipinski definition) is 1. The summed E-state index contributed by atoms with van der Waals surface area (Å²) in [4.78, 5) is 11.8. The predicted octanol–water partition coefficient (Wildman–Crippen LogP) is 10.9. The third kappa shape index (κ3) is 10.4. The van der Waals surface area contributed by atoms with Crippen LogP contribution in [0.25, 0.3) is 0 Å². The summed E-state index contributed by atoms with van der Waals surface area (Å²) in [6, 6.07) is 40.4. The van der Waals surface area contributed by atoms with E-state index in [2.05, 4.69) is 45.0 Å². The molecular formula is C49H53NO5. The van der Waals surface area contributed by atoms with Crippen LogP contribution in [0.5, 0.6) is 23.0 Å². The number of ether oxygens (including phenoxy) is 4. The highest BCUT2D eigenvalue weighted by Gasteiger charge is 2.21. The number of hydrogen-bond acceptors (Lipinski definition) is 6. The van der Waals surface area contributed by atoms with E-state index in [-0.39, 0.29) is 0 Å². The summed E-state index contributed by atoms with van der Waals surface area (Å²) < 4.78 is 24.6. The van der Waals surface area contributed by atoms with Crippen molar-refractivity contribution in [2.45, 2.75) is 74.4 Å². The fraction of sp³-hybridized carbons (Fsp3) is 0.245. The Labute approximate surface area is 326 Å². The topological polar surface area (TPSA) is 80.0 Å². The molecule has 6 rings (SSSR count). The maximum atomic E-state index is 11.8. The Morgan fingerprint density at radius 3 is 1.09 bits per heavy atom. The van der Waals surface area contributed by atoms with Crippen molar-refractivity contribution in [3.05, 3.63) is 188 Å². The lowest BCUT2D eigenvalue weighted by Gasteiger charge is -2.22. The molecule has 0 heterocycles. The zero-order valence-electron chi connectivity index (χ0n) is 33.0. The van der Waals surface area contributed by atoms with E-state index in [4.69, 9.17) is 24.7 Å². The number of nitrogens with two attached hydrogens (primary N) is 1. The monoisotopic (exact) mass is 735 g/mol. The highest BCUT2D eigenvalue weighted by atomic mass is 16.5. The van der Waals surface area contributed by atoms with Crippen LogP contribution in [0.2, 0.25) is 0 Å². The minimum absolute atomic E-state index is 0.422. The minimum atomic E-state index is 0.422. The van der Waals surface area contributed by atoms with Gasteiger partial charge in [-0.2, -0.15) is 0 Å². The fourth-order valence-electron chi connectivity index (χ4n) is 6.59. The van der Waals surface area contributed by atoms with Crippen molar-refractivity contribution in [1.82, 2.24) is 0 Å². The molecule has 0 aliphatic heterocycles. The molecule has 284 valence electrons. The van der Waals surface area contributed by atoms with Gasteiger partial charge in [0.05, 0.1) is 5.56 Å². The molecule has 0 bridgehead atoms. The van der Waals surface area contributed by atoms with Gasteiger partial charge in [0.25, 0.3) is 0 Å². The highest BCUT2D eigenvalue weighted by molar-refractivity contribution is 5.85. The summed E-state index contributed by atoms with van der Waals surface area (Å²) in [5.74, 6) is 3.27. The number of carbonyl (C=O) groups is 1. The van der Waals surface area contributed by atoms with Gasteiger partial charge in [0.15, 0.2) is 6.29 Å². The van der Waals surface area contributed by atoms with Crippen molar-refractivity contribution in [3.8, 4) is 23.0 Å². The molecule has 0 atom stereocenters. The molecule has 6 aromatic rings. The molecule has 0 aliphatic carbocycles. The molecule has 6 aromatic carbocycles. The summed E-state index contributed by atoms with van der Waals surface area (Å²) >= 11 is 0. The average Bonchev–Trinajstić information content (AvgIpc) is 3.22. The third-order valence-electron chi connectivity index (χ3n) is 9.96. The number of aldehydes is 1. The fourth-order valence-corrected chi connectivity index (χ4v) is 6.59. The van der Waals surface area contributed by atoms with Crippen LogP contribution in [-0.2, 0) is 32.8 Å². The molecule has 2 N–H and O–H groups in total. The van der Waals surface area contributed by atoms with Gasteiger partial charge in [-0.05, 0) is 105 Å². The van der Waals surface area contributed by atoms with Crippen molar-refractivity contribution in [2.24, 2.45) is 5.73 Å². The summed E-state index contributed by atoms with van der Waals surface area (Å²) in [5, 5.41) is 0. The lowest BCUT2D eigenvalue weighted by molar-refractivity contribution is 0.111. The lowest BCUT2D eigenvalue weighted by atomic mass is 9.95. The largest absolute Gasteiger partial charge is 0.488 e. The van der Waals surface area contributed by atoms with Gasteiger partial charge in [-0.15, -0.1) is 0 Å². The van der Waals surface area contributed by atoms with Gasteiger partial charge < -0.3 is 24.7 Å². The molecule has 0 amide bonds. The Kier molecular flexibility index (Phi) is 14.7. The first kappa shape index (κ1) is 40.3. The van der Waals surface area contributed by atoms with Crippen LogP contribution in [-0.4, -0.2) is 12.8 Å². The Morgan fingerprint density at radius 1 is 0.418 bits per heavy atom. The van der Waals surface area contributed by atoms with Crippen LogP contribution in [0.4, 0.5) is 0 Å². The molecular weight excluding hydrogens is 683 g/mol. The van der Waals surface area contributed by atoms with Gasteiger partial charge in [0, 0.05) is 11.1 Å². The molecule has 0 unspecified atom stereocenters. The van der Waals surface area contributed by atoms with E-state index in [1.165, 1.54) is 0 Å². The normalized spacial score (nSPS) is 10.6. The maximum Gasteiger partial charge on any atom is 0.154 e. The zero-order chi connectivity index (χ0) is 39.2. The van der Waals surface area contributed by atoms with Crippen molar-refractivity contribution in [2.75, 3.05) is 6.54 Å². The van der Waals surface area contributed by atoms with Gasteiger partial charge in [0.2, 0.25) is 0 Å². The smallest absolute Gasteiger partial charge is 0.154 e. The second kappa shape index (κ2) is 20.0. The van der Waals surface area contributed by atoms with E-state index in [0.29, 0.717) is 44.3 Å². The summed E-state index contributed by atoms with van der Waals surface area (Å²) in [6.45, 7) is 14.7. The zero-order valence-corrected chi connectivity index (χ0v) is 33.0. The van der Waals surface area contributed by atoms with Crippen molar-refractivity contribution in [3.63, 3.8) is 0 Å². The predicted molar refractivity (Wildman–Crippen MR) is 223 cm³/mol. The van der Waals surface area contributed by atoms with Gasteiger partial charge in [0.1, 0.15) is 49.4 Å². The van der Waals surface area contributed by atoms with Crippen molar-refractivity contribution >= 4 is 6.29 Å². The average molecular weight is 736 g/mol. The second-order valence-corrected chi connectivity index (χ2v) is 13.7. The van der Waals surface area contributed by atoms with Gasteiger partial charge in [-0.3, -0.25) is 4.79 Å². The molecule has 0 aromatic heterocycles. The van der Waals surface area contributed by atoms with E-state index >= 15 is 0 Å². The van der Waals surface area contributed by atoms with Gasteiger partial charge in [-0.1, -0.05) is 121 Å². The highest BCUT2D eigenvalue weighted by Crippen LogP contribution is 2.40. The first-order chi connectivity index (χ1) is 26.7. The number of carbonyl (C=O) groups excluding carboxylic acids is 1. The minimum Gasteiger partial charge on any atom is -0.488 e. The Morgan fingerprint density at radius 2 is 0.727 bits per heavy atom. The number of benzene rings is 6. The van der Waals surface area contributed by atoms with Crippen LogP contribution in [0.1, 0.15) is 71.6 Å². The van der Waals surface area contributed by atoms with Crippen molar-refractivity contribution in [1.29, 1.82) is 0 Å². The quantitative estimate of drug-likeness (QED) is 0.106. The standard InChI is InChI=1S/C25H29NO2.C24H24O3/c1-18-19(2)25(28-17-22-12-8-5-9-13-22)23(14-15-26)20(3)24(18)27-16-21-10-6-4-7-11-21;1-17-18(2)24(27-16-21-12-8-5-9-13-21)22(14-25)19(3)23(17)26-15-20-10-6-4-7-11-20/h4-13H,14-17,26H2,1-3H3;4-14H,15-16H2,1-3H3. The number of rotatable bonds is 15. The van der Waals surface area contributed by atoms with Crippen LogP contribution in [0.15, 0.2) is 121 Å². The molecule has 6 nitrogen and oxygen atoms in total. The Hall–Kier alpha value is -5.85. The van der Waals surface area contributed by atoms with E-state index in [1.54, 1.807) is 0 Å². The molecule has 0 saturated heterocycles. The molecule has 0 aliphatic rings. The Bertz CT molecular complexity index is 2130. The third-order valence-corrected chi connectivity index (χ3v) is 9.96. The molecule has 0 radical (unpaired) electrons. The van der Waals surface area contributed by atoms with E-state index < -0.39 is 0 Å². The van der Waals surface area contributed by atoms with E-state index in [9.17, 15) is 4.79 Å². The second-order valence-electron chi connectivity index (χ2n) is 13.7. The first-order valence-corrected chi connectivity index (χ1v) is 18.8. The lowest BCUT2D eigenvalue weighted by Crippen LogP contribution is -2.11. The molecule has 0 saturated carbocycles. The van der Waals surface area contributed by atoms with E-state index in [1.807, 2.05) is 118 Å². The van der Waals surface area contributed by atoms with Crippen LogP contribution < -0.4 is 24.7 Å². The van der Waals surface area contributed by atoms with Crippen LogP contribution >= 0.6 is 0 Å². The summed E-state index contributed by atoms with van der Waals surface area (Å²) in [5.41, 5.74) is 18.2. The molecule has 55 heavy (non-hydrogen) atoms. The van der Waals surface area contributed by atoms with Crippen molar-refractivity contribution < 1.29 is 23.7 Å². The first-order valence-electron chi connectivity index (χ1n) is 18.8. The summed E-state index contributed by atoms with van der Waals surface area (Å²) in [6.07, 6.45) is 1.62. The van der Waals surface area contributed by atoms with E-state index in [0.717, 1.165) is 91.2 Å². The van der Waals surface area contributed by atoms with Crippen LogP contribution in [0.3, 0.4) is 0 Å². The molecule has 6 heteroatoms. The molecule has 0 fully saturated rings. The SMILES string of the molecule is Cc1c(C)c(OCc2ccccc2)c(C=O)c(C)c1OCc1ccccc1.Cc1c(C)c(OCc2ccccc2)c(CCN)c(C)c1OCc1ccccc1. The Balaban J connectivity index is 0.000000211.